The van der Waals surface area contributed by atoms with Gasteiger partial charge in [0.25, 0.3) is 5.91 Å². The van der Waals surface area contributed by atoms with Crippen molar-refractivity contribution in [3.8, 4) is 0 Å². The molecule has 3 aromatic rings. The van der Waals surface area contributed by atoms with Crippen LogP contribution in [0, 0.1) is 0 Å². The van der Waals surface area contributed by atoms with Gasteiger partial charge in [-0.05, 0) is 48.4 Å². The second-order valence-corrected chi connectivity index (χ2v) is 6.54. The molecule has 4 N–H and O–H groups in total. The summed E-state index contributed by atoms with van der Waals surface area (Å²) in [4.78, 5) is 24.5. The Kier molecular flexibility index (Phi) is 5.18. The summed E-state index contributed by atoms with van der Waals surface area (Å²) in [7, 11) is 0. The molecule has 28 heavy (non-hydrogen) atoms. The van der Waals surface area contributed by atoms with Crippen LogP contribution in [0.1, 0.15) is 28.6 Å². The van der Waals surface area contributed by atoms with E-state index in [1.54, 1.807) is 36.4 Å². The van der Waals surface area contributed by atoms with Gasteiger partial charge in [0.2, 0.25) is 5.91 Å². The summed E-state index contributed by atoms with van der Waals surface area (Å²) in [5.41, 5.74) is 8.63. The molecule has 2 unspecified atom stereocenters. The molecule has 142 valence electrons. The van der Waals surface area contributed by atoms with Gasteiger partial charge in [0, 0.05) is 17.4 Å². The zero-order valence-electron chi connectivity index (χ0n) is 15.0. The maximum absolute atomic E-state index is 12.5. The van der Waals surface area contributed by atoms with Crippen molar-refractivity contribution in [1.29, 1.82) is 0 Å². The van der Waals surface area contributed by atoms with Crippen molar-refractivity contribution in [3.05, 3.63) is 84.3 Å². The van der Waals surface area contributed by atoms with E-state index in [4.69, 9.17) is 4.42 Å². The minimum Gasteiger partial charge on any atom is -0.459 e. The predicted molar refractivity (Wildman–Crippen MR) is 106 cm³/mol. The smallest absolute Gasteiger partial charge is 0.291 e. The van der Waals surface area contributed by atoms with E-state index in [0.29, 0.717) is 17.8 Å². The zero-order chi connectivity index (χ0) is 19.3. The number of hydrogen-bond donors (Lipinski definition) is 4. The van der Waals surface area contributed by atoms with Crippen molar-refractivity contribution in [2.75, 3.05) is 10.6 Å². The largest absolute Gasteiger partial charge is 0.459 e. The lowest BCUT2D eigenvalue weighted by Gasteiger charge is -2.11. The first kappa shape index (κ1) is 18.0. The highest BCUT2D eigenvalue weighted by Crippen LogP contribution is 2.23. The maximum atomic E-state index is 12.5. The molecular weight excluding hydrogens is 356 g/mol. The predicted octanol–water partition coefficient (Wildman–Crippen LogP) is 3.08. The van der Waals surface area contributed by atoms with Gasteiger partial charge < -0.3 is 15.1 Å². The van der Waals surface area contributed by atoms with Crippen molar-refractivity contribution < 1.29 is 14.0 Å². The van der Waals surface area contributed by atoms with E-state index >= 15 is 0 Å². The molecule has 0 spiro atoms. The lowest BCUT2D eigenvalue weighted by Crippen LogP contribution is -2.39. The minimum atomic E-state index is -0.330. The Balaban J connectivity index is 1.32. The quantitative estimate of drug-likeness (QED) is 0.549. The molecule has 0 saturated carbocycles. The Morgan fingerprint density at radius 2 is 1.57 bits per heavy atom. The molecular formula is C21H20N4O3. The fraction of sp³-hybridized carbons (Fsp3) is 0.143. The van der Waals surface area contributed by atoms with E-state index in [9.17, 15) is 9.59 Å². The van der Waals surface area contributed by atoms with Crippen LogP contribution < -0.4 is 21.5 Å². The van der Waals surface area contributed by atoms with E-state index in [1.807, 2.05) is 30.3 Å². The van der Waals surface area contributed by atoms with Crippen molar-refractivity contribution in [2.24, 2.45) is 0 Å². The second kappa shape index (κ2) is 8.08. The summed E-state index contributed by atoms with van der Waals surface area (Å²) in [5, 5.41) is 5.63. The molecule has 1 fully saturated rings. The summed E-state index contributed by atoms with van der Waals surface area (Å²) in [6.45, 7) is 0. The van der Waals surface area contributed by atoms with Gasteiger partial charge in [-0.1, -0.05) is 30.3 Å². The third-order valence-electron chi connectivity index (χ3n) is 4.58. The van der Waals surface area contributed by atoms with Gasteiger partial charge in [-0.2, -0.15) is 0 Å². The Morgan fingerprint density at radius 1 is 0.857 bits per heavy atom. The average molecular weight is 376 g/mol. The third-order valence-corrected chi connectivity index (χ3v) is 4.58. The standard InChI is InChI=1S/C21H20N4O3/c26-20(18-13-17(24-25-18)14-5-2-1-3-6-14)22-15-8-10-16(11-9-15)23-21(27)19-7-4-12-28-19/h1-12,17-18,24-25H,13H2,(H,22,26)(H,23,27). The molecule has 1 saturated heterocycles. The van der Waals surface area contributed by atoms with E-state index in [-0.39, 0.29) is 29.7 Å². The summed E-state index contributed by atoms with van der Waals surface area (Å²) >= 11 is 0. The van der Waals surface area contributed by atoms with Crippen molar-refractivity contribution in [3.63, 3.8) is 0 Å². The number of hydrazine groups is 1. The molecule has 1 aliphatic rings. The Bertz CT molecular complexity index is 940. The van der Waals surface area contributed by atoms with Gasteiger partial charge in [0.1, 0.15) is 6.04 Å². The Hall–Kier alpha value is -3.42. The first-order valence-corrected chi connectivity index (χ1v) is 9.01. The molecule has 0 radical (unpaired) electrons. The SMILES string of the molecule is O=C(Nc1ccc(NC(=O)C2CC(c3ccccc3)NN2)cc1)c1ccco1. The number of nitrogens with one attached hydrogen (secondary N) is 4. The molecule has 0 aliphatic carbocycles. The van der Waals surface area contributed by atoms with Crippen LogP contribution in [0.25, 0.3) is 0 Å². The number of amides is 2. The van der Waals surface area contributed by atoms with E-state index in [1.165, 1.54) is 6.26 Å². The molecule has 1 aromatic heterocycles. The topological polar surface area (TPSA) is 95.4 Å². The highest BCUT2D eigenvalue weighted by molar-refractivity contribution is 6.02. The highest BCUT2D eigenvalue weighted by atomic mass is 16.3. The Morgan fingerprint density at radius 3 is 2.25 bits per heavy atom. The van der Waals surface area contributed by atoms with Gasteiger partial charge in [0.15, 0.2) is 5.76 Å². The monoisotopic (exact) mass is 376 g/mol. The molecule has 1 aliphatic heterocycles. The van der Waals surface area contributed by atoms with Gasteiger partial charge in [-0.3, -0.25) is 9.59 Å². The van der Waals surface area contributed by atoms with Crippen molar-refractivity contribution in [1.82, 2.24) is 10.9 Å². The fourth-order valence-corrected chi connectivity index (χ4v) is 3.10. The molecule has 7 heteroatoms. The van der Waals surface area contributed by atoms with E-state index in [0.717, 1.165) is 5.56 Å². The van der Waals surface area contributed by atoms with Gasteiger partial charge >= 0.3 is 0 Å². The van der Waals surface area contributed by atoms with E-state index < -0.39 is 0 Å². The van der Waals surface area contributed by atoms with Crippen LogP contribution in [0.5, 0.6) is 0 Å². The lowest BCUT2D eigenvalue weighted by molar-refractivity contribution is -0.117. The number of rotatable bonds is 5. The van der Waals surface area contributed by atoms with Gasteiger partial charge in [0.05, 0.1) is 6.26 Å². The number of carbonyl (C=O) groups excluding carboxylic acids is 2. The van der Waals surface area contributed by atoms with E-state index in [2.05, 4.69) is 21.5 Å². The van der Waals surface area contributed by atoms with Gasteiger partial charge in [-0.25, -0.2) is 10.9 Å². The summed E-state index contributed by atoms with van der Waals surface area (Å²) < 4.78 is 5.06. The number of carbonyl (C=O) groups is 2. The van der Waals surface area contributed by atoms with Crippen molar-refractivity contribution >= 4 is 23.2 Å². The minimum absolute atomic E-state index is 0.0936. The number of hydrogen-bond acceptors (Lipinski definition) is 5. The van der Waals surface area contributed by atoms with Crippen LogP contribution in [0.4, 0.5) is 11.4 Å². The summed E-state index contributed by atoms with van der Waals surface area (Å²) in [6.07, 6.45) is 2.11. The maximum Gasteiger partial charge on any atom is 0.291 e. The first-order valence-electron chi connectivity index (χ1n) is 9.01. The van der Waals surface area contributed by atoms with Crippen LogP contribution in [-0.2, 0) is 4.79 Å². The van der Waals surface area contributed by atoms with Crippen LogP contribution >= 0.6 is 0 Å². The molecule has 2 amide bonds. The molecule has 2 heterocycles. The number of furan rings is 1. The molecule has 0 bridgehead atoms. The molecule has 2 atom stereocenters. The third kappa shape index (κ3) is 4.11. The summed E-state index contributed by atoms with van der Waals surface area (Å²) in [5.74, 6) is -0.196. The first-order chi connectivity index (χ1) is 13.7. The van der Waals surface area contributed by atoms with Crippen LogP contribution in [0.3, 0.4) is 0 Å². The number of anilines is 2. The second-order valence-electron chi connectivity index (χ2n) is 6.54. The van der Waals surface area contributed by atoms with Crippen LogP contribution in [0.15, 0.2) is 77.4 Å². The normalized spacial score (nSPS) is 18.6. The summed E-state index contributed by atoms with van der Waals surface area (Å²) in [6, 6.07) is 20.0. The fourth-order valence-electron chi connectivity index (χ4n) is 3.10. The zero-order valence-corrected chi connectivity index (χ0v) is 15.0. The Labute approximate surface area is 162 Å². The van der Waals surface area contributed by atoms with Crippen molar-refractivity contribution in [2.45, 2.75) is 18.5 Å². The highest BCUT2D eigenvalue weighted by Gasteiger charge is 2.30. The molecule has 7 nitrogen and oxygen atoms in total. The number of benzene rings is 2. The molecule has 2 aromatic carbocycles. The molecule has 4 rings (SSSR count). The van der Waals surface area contributed by atoms with Gasteiger partial charge in [-0.15, -0.1) is 0 Å². The van der Waals surface area contributed by atoms with Crippen LogP contribution in [0.2, 0.25) is 0 Å². The average Bonchev–Trinajstić information content (AvgIpc) is 3.42. The lowest BCUT2D eigenvalue weighted by atomic mass is 10.0. The van der Waals surface area contributed by atoms with Crippen LogP contribution in [-0.4, -0.2) is 17.9 Å².